The summed E-state index contributed by atoms with van der Waals surface area (Å²) in [5.41, 5.74) is 1.06. The third kappa shape index (κ3) is 3.01. The number of rotatable bonds is 3. The van der Waals surface area contributed by atoms with Gasteiger partial charge in [-0.05, 0) is 37.3 Å². The number of thiazole rings is 1. The van der Waals surface area contributed by atoms with Crippen molar-refractivity contribution in [1.29, 1.82) is 0 Å². The number of hydrogen-bond acceptors (Lipinski definition) is 3. The zero-order valence-corrected chi connectivity index (χ0v) is 14.5. The standard InChI is InChI=1S/C19H24N2OS/c1-13(19-20-16-7-2-3-8-17(16)23-19)11-18(22)21-10-9-14-5-4-6-15(21)12-14/h2-3,7-8,13-15H,4-6,9-12H2,1H3. The molecule has 2 aliphatic rings. The highest BCUT2D eigenvalue weighted by Crippen LogP contribution is 2.36. The molecule has 1 saturated heterocycles. The first-order valence-electron chi connectivity index (χ1n) is 8.85. The van der Waals surface area contributed by atoms with Crippen molar-refractivity contribution in [1.82, 2.24) is 9.88 Å². The summed E-state index contributed by atoms with van der Waals surface area (Å²) in [5, 5.41) is 1.10. The number of benzene rings is 1. The minimum atomic E-state index is 0.209. The van der Waals surface area contributed by atoms with Crippen LogP contribution in [0.3, 0.4) is 0 Å². The van der Waals surface area contributed by atoms with Crippen molar-refractivity contribution < 1.29 is 4.79 Å². The number of carbonyl (C=O) groups is 1. The third-order valence-corrected chi connectivity index (χ3v) is 6.78. The van der Waals surface area contributed by atoms with Crippen LogP contribution in [0.15, 0.2) is 24.3 Å². The van der Waals surface area contributed by atoms with Gasteiger partial charge in [0.05, 0.1) is 15.2 Å². The van der Waals surface area contributed by atoms with E-state index in [0.717, 1.165) is 23.0 Å². The average Bonchev–Trinajstić information content (AvgIpc) is 2.99. The largest absolute Gasteiger partial charge is 0.340 e. The molecule has 0 N–H and O–H groups in total. The van der Waals surface area contributed by atoms with Gasteiger partial charge in [-0.15, -0.1) is 11.3 Å². The van der Waals surface area contributed by atoms with Gasteiger partial charge < -0.3 is 4.90 Å². The lowest BCUT2D eigenvalue weighted by atomic mass is 9.79. The van der Waals surface area contributed by atoms with E-state index in [0.29, 0.717) is 18.4 Å². The first-order valence-corrected chi connectivity index (χ1v) is 9.67. The molecule has 3 atom stereocenters. The predicted molar refractivity (Wildman–Crippen MR) is 94.7 cm³/mol. The van der Waals surface area contributed by atoms with Crippen LogP contribution in [0, 0.1) is 5.92 Å². The normalized spacial score (nSPS) is 25.5. The Morgan fingerprint density at radius 1 is 1.35 bits per heavy atom. The molecular weight excluding hydrogens is 304 g/mol. The molecule has 2 fully saturated rings. The smallest absolute Gasteiger partial charge is 0.223 e. The quantitative estimate of drug-likeness (QED) is 0.826. The molecule has 2 heterocycles. The van der Waals surface area contributed by atoms with Crippen molar-refractivity contribution >= 4 is 27.5 Å². The van der Waals surface area contributed by atoms with Gasteiger partial charge in [0.15, 0.2) is 0 Å². The van der Waals surface area contributed by atoms with Crippen molar-refractivity contribution in [2.75, 3.05) is 6.54 Å². The molecule has 3 nitrogen and oxygen atoms in total. The van der Waals surface area contributed by atoms with Crippen LogP contribution in [-0.4, -0.2) is 28.4 Å². The van der Waals surface area contributed by atoms with E-state index in [-0.39, 0.29) is 5.92 Å². The highest BCUT2D eigenvalue weighted by Gasteiger charge is 2.34. The average molecular weight is 328 g/mol. The molecule has 2 bridgehead atoms. The van der Waals surface area contributed by atoms with Gasteiger partial charge in [0.2, 0.25) is 5.91 Å². The van der Waals surface area contributed by atoms with E-state index in [2.05, 4.69) is 24.0 Å². The van der Waals surface area contributed by atoms with Gasteiger partial charge in [0.1, 0.15) is 0 Å². The number of aromatic nitrogens is 1. The van der Waals surface area contributed by atoms with Gasteiger partial charge in [0, 0.05) is 24.9 Å². The summed E-state index contributed by atoms with van der Waals surface area (Å²) >= 11 is 1.73. The van der Waals surface area contributed by atoms with Crippen LogP contribution in [-0.2, 0) is 4.79 Å². The first kappa shape index (κ1) is 15.1. The van der Waals surface area contributed by atoms with Crippen LogP contribution < -0.4 is 0 Å². The second kappa shape index (κ2) is 6.23. The minimum Gasteiger partial charge on any atom is -0.340 e. The van der Waals surface area contributed by atoms with E-state index in [1.165, 1.54) is 36.8 Å². The molecule has 4 heteroatoms. The number of hydrogen-bond donors (Lipinski definition) is 0. The first-order chi connectivity index (χ1) is 11.2. The number of nitrogens with zero attached hydrogens (tertiary/aromatic N) is 2. The summed E-state index contributed by atoms with van der Waals surface area (Å²) in [7, 11) is 0. The third-order valence-electron chi connectivity index (χ3n) is 5.51. The maximum Gasteiger partial charge on any atom is 0.223 e. The Labute approximate surface area is 141 Å². The summed E-state index contributed by atoms with van der Waals surface area (Å²) in [6.07, 6.45) is 6.92. The lowest BCUT2D eigenvalue weighted by molar-refractivity contribution is -0.137. The minimum absolute atomic E-state index is 0.209. The number of amides is 1. The highest BCUT2D eigenvalue weighted by molar-refractivity contribution is 7.18. The Hall–Kier alpha value is -1.42. The topological polar surface area (TPSA) is 33.2 Å². The number of likely N-dealkylation sites (tertiary alicyclic amines) is 1. The fourth-order valence-corrected chi connectivity index (χ4v) is 5.23. The fraction of sp³-hybridized carbons (Fsp3) is 0.579. The summed E-state index contributed by atoms with van der Waals surface area (Å²) in [4.78, 5) is 19.7. The Balaban J connectivity index is 1.45. The molecule has 3 unspecified atom stereocenters. The summed E-state index contributed by atoms with van der Waals surface area (Å²) in [6, 6.07) is 8.74. The van der Waals surface area contributed by atoms with Gasteiger partial charge in [-0.2, -0.15) is 0 Å². The van der Waals surface area contributed by atoms with E-state index in [4.69, 9.17) is 4.98 Å². The molecule has 1 amide bonds. The van der Waals surface area contributed by atoms with E-state index in [9.17, 15) is 4.79 Å². The van der Waals surface area contributed by atoms with Crippen molar-refractivity contribution in [3.63, 3.8) is 0 Å². The van der Waals surface area contributed by atoms with E-state index in [1.807, 2.05) is 12.1 Å². The number of carbonyl (C=O) groups excluding carboxylic acids is 1. The molecule has 23 heavy (non-hydrogen) atoms. The number of piperidine rings is 1. The van der Waals surface area contributed by atoms with Crippen LogP contribution in [0.25, 0.3) is 10.2 Å². The van der Waals surface area contributed by atoms with Crippen molar-refractivity contribution in [2.24, 2.45) is 5.92 Å². The van der Waals surface area contributed by atoms with Crippen molar-refractivity contribution in [2.45, 2.75) is 57.4 Å². The highest BCUT2D eigenvalue weighted by atomic mass is 32.1. The zero-order chi connectivity index (χ0) is 15.8. The second-order valence-electron chi connectivity index (χ2n) is 7.19. The Morgan fingerprint density at radius 2 is 2.22 bits per heavy atom. The van der Waals surface area contributed by atoms with Gasteiger partial charge >= 0.3 is 0 Å². The molecule has 122 valence electrons. The number of para-hydroxylation sites is 1. The molecule has 1 saturated carbocycles. The number of fused-ring (bicyclic) bond motifs is 3. The SMILES string of the molecule is CC(CC(=O)N1CCC2CCCC1C2)c1nc2ccccc2s1. The predicted octanol–water partition coefficient (Wildman–Crippen LogP) is 4.58. The van der Waals surface area contributed by atoms with Crippen LogP contribution in [0.5, 0.6) is 0 Å². The Bertz CT molecular complexity index is 677. The Morgan fingerprint density at radius 3 is 3.09 bits per heavy atom. The fourth-order valence-electron chi connectivity index (χ4n) is 4.21. The molecule has 2 aromatic rings. The Kier molecular flexibility index (Phi) is 4.10. The molecule has 1 aromatic heterocycles. The van der Waals surface area contributed by atoms with Gasteiger partial charge in [-0.25, -0.2) is 4.98 Å². The molecule has 1 aromatic carbocycles. The zero-order valence-electron chi connectivity index (χ0n) is 13.7. The van der Waals surface area contributed by atoms with E-state index < -0.39 is 0 Å². The maximum absolute atomic E-state index is 12.8. The monoisotopic (exact) mass is 328 g/mol. The summed E-state index contributed by atoms with van der Waals surface area (Å²) in [6.45, 7) is 3.12. The van der Waals surface area contributed by atoms with Crippen LogP contribution in [0.1, 0.15) is 56.4 Å². The van der Waals surface area contributed by atoms with E-state index in [1.54, 1.807) is 11.3 Å². The molecule has 0 spiro atoms. The molecule has 1 aliphatic carbocycles. The molecule has 1 aliphatic heterocycles. The lowest BCUT2D eigenvalue weighted by Crippen LogP contribution is -2.48. The summed E-state index contributed by atoms with van der Waals surface area (Å²) in [5.74, 6) is 1.42. The molecule has 0 radical (unpaired) electrons. The van der Waals surface area contributed by atoms with Crippen molar-refractivity contribution in [3.8, 4) is 0 Å². The van der Waals surface area contributed by atoms with Crippen LogP contribution in [0.2, 0.25) is 0 Å². The molecule has 4 rings (SSSR count). The molecular formula is C19H24N2OS. The van der Waals surface area contributed by atoms with Crippen molar-refractivity contribution in [3.05, 3.63) is 29.3 Å². The van der Waals surface area contributed by atoms with Gasteiger partial charge in [-0.3, -0.25) is 4.79 Å². The van der Waals surface area contributed by atoms with Gasteiger partial charge in [0.25, 0.3) is 0 Å². The van der Waals surface area contributed by atoms with Gasteiger partial charge in [-0.1, -0.05) is 31.9 Å². The summed E-state index contributed by atoms with van der Waals surface area (Å²) < 4.78 is 1.22. The lowest BCUT2D eigenvalue weighted by Gasteiger charge is -2.43. The maximum atomic E-state index is 12.8. The second-order valence-corrected chi connectivity index (χ2v) is 8.25. The van der Waals surface area contributed by atoms with E-state index >= 15 is 0 Å². The van der Waals surface area contributed by atoms with Crippen LogP contribution in [0.4, 0.5) is 0 Å². The van der Waals surface area contributed by atoms with Crippen LogP contribution >= 0.6 is 11.3 Å².